The number of phenols is 1. The molecule has 1 N–H and O–H groups in total. The number of aromatic nitrogens is 2. The maximum atomic E-state index is 9.70. The summed E-state index contributed by atoms with van der Waals surface area (Å²) in [5.74, 6) is 1.08. The predicted octanol–water partition coefficient (Wildman–Crippen LogP) is 3.32. The second-order valence-electron chi connectivity index (χ2n) is 4.38. The third-order valence-electron chi connectivity index (χ3n) is 3.22. The van der Waals surface area contributed by atoms with Crippen LogP contribution in [0.15, 0.2) is 22.7 Å². The zero-order chi connectivity index (χ0) is 14.0. The summed E-state index contributed by atoms with van der Waals surface area (Å²) < 4.78 is 11.4. The minimum Gasteiger partial charge on any atom is -0.507 e. The first-order chi connectivity index (χ1) is 9.00. The molecule has 1 heterocycles. The van der Waals surface area contributed by atoms with Gasteiger partial charge in [0.25, 0.3) is 5.89 Å². The van der Waals surface area contributed by atoms with Crippen molar-refractivity contribution in [2.75, 3.05) is 7.11 Å². The van der Waals surface area contributed by atoms with Gasteiger partial charge >= 0.3 is 0 Å². The van der Waals surface area contributed by atoms with E-state index < -0.39 is 5.60 Å². The standard InChI is InChI=1S/C13H15IN2O3/c1-4-13(2,18-3)12-15-11(19-16-12)8-5-6-9(14)10(17)7-8/h5-7,17H,4H2,1-3H3. The first kappa shape index (κ1) is 14.3. The number of rotatable bonds is 4. The summed E-state index contributed by atoms with van der Waals surface area (Å²) in [7, 11) is 1.62. The van der Waals surface area contributed by atoms with Gasteiger partial charge < -0.3 is 14.4 Å². The monoisotopic (exact) mass is 374 g/mol. The van der Waals surface area contributed by atoms with Gasteiger partial charge in [-0.05, 0) is 54.1 Å². The highest BCUT2D eigenvalue weighted by molar-refractivity contribution is 14.1. The zero-order valence-corrected chi connectivity index (χ0v) is 13.1. The minimum atomic E-state index is -0.563. The molecule has 6 heteroatoms. The van der Waals surface area contributed by atoms with Crippen LogP contribution >= 0.6 is 22.6 Å². The van der Waals surface area contributed by atoms with Crippen molar-refractivity contribution in [2.24, 2.45) is 0 Å². The van der Waals surface area contributed by atoms with Crippen LogP contribution in [0.2, 0.25) is 0 Å². The zero-order valence-electron chi connectivity index (χ0n) is 11.0. The van der Waals surface area contributed by atoms with Gasteiger partial charge in [0.15, 0.2) is 0 Å². The highest BCUT2D eigenvalue weighted by atomic mass is 127. The Hall–Kier alpha value is -1.15. The Bertz CT molecular complexity index is 579. The molecule has 0 aliphatic heterocycles. The molecule has 0 spiro atoms. The second-order valence-corrected chi connectivity index (χ2v) is 5.54. The van der Waals surface area contributed by atoms with Crippen molar-refractivity contribution in [3.05, 3.63) is 27.6 Å². The second kappa shape index (κ2) is 5.46. The first-order valence-electron chi connectivity index (χ1n) is 5.88. The van der Waals surface area contributed by atoms with Crippen molar-refractivity contribution in [1.82, 2.24) is 10.1 Å². The number of hydrogen-bond acceptors (Lipinski definition) is 5. The third-order valence-corrected chi connectivity index (χ3v) is 4.13. The van der Waals surface area contributed by atoms with Gasteiger partial charge in [-0.3, -0.25) is 0 Å². The molecule has 0 fully saturated rings. The molecule has 0 aliphatic carbocycles. The Balaban J connectivity index is 2.38. The molecule has 2 rings (SSSR count). The molecule has 1 aromatic heterocycles. The molecular formula is C13H15IN2O3. The van der Waals surface area contributed by atoms with Crippen LogP contribution in [0, 0.1) is 3.57 Å². The number of nitrogens with zero attached hydrogens (tertiary/aromatic N) is 2. The number of benzene rings is 1. The lowest BCUT2D eigenvalue weighted by molar-refractivity contribution is -0.0106. The van der Waals surface area contributed by atoms with E-state index in [1.54, 1.807) is 19.2 Å². The maximum absolute atomic E-state index is 9.70. The van der Waals surface area contributed by atoms with Crippen molar-refractivity contribution in [2.45, 2.75) is 25.9 Å². The molecule has 19 heavy (non-hydrogen) atoms. The van der Waals surface area contributed by atoms with E-state index in [0.717, 1.165) is 9.99 Å². The van der Waals surface area contributed by atoms with Crippen LogP contribution in [-0.4, -0.2) is 22.4 Å². The predicted molar refractivity (Wildman–Crippen MR) is 78.8 cm³/mol. The molecule has 2 aromatic rings. The summed E-state index contributed by atoms with van der Waals surface area (Å²) in [6, 6.07) is 5.23. The van der Waals surface area contributed by atoms with E-state index >= 15 is 0 Å². The van der Waals surface area contributed by atoms with Gasteiger partial charge in [0.1, 0.15) is 11.4 Å². The molecule has 0 saturated heterocycles. The molecule has 102 valence electrons. The van der Waals surface area contributed by atoms with Crippen LogP contribution in [0.5, 0.6) is 5.75 Å². The molecule has 1 unspecified atom stereocenters. The van der Waals surface area contributed by atoms with Gasteiger partial charge in [-0.1, -0.05) is 12.1 Å². The van der Waals surface area contributed by atoms with Crippen LogP contribution < -0.4 is 0 Å². The van der Waals surface area contributed by atoms with E-state index in [4.69, 9.17) is 9.26 Å². The van der Waals surface area contributed by atoms with Crippen LogP contribution in [0.4, 0.5) is 0 Å². The molecule has 0 amide bonds. The summed E-state index contributed by atoms with van der Waals surface area (Å²) in [5.41, 5.74) is 0.124. The van der Waals surface area contributed by atoms with E-state index in [1.165, 1.54) is 0 Å². The number of phenolic OH excluding ortho intramolecular Hbond substituents is 1. The lowest BCUT2D eigenvalue weighted by atomic mass is 10.0. The third kappa shape index (κ3) is 2.74. The fraction of sp³-hybridized carbons (Fsp3) is 0.385. The van der Waals surface area contributed by atoms with Gasteiger partial charge in [-0.25, -0.2) is 0 Å². The van der Waals surface area contributed by atoms with Crippen LogP contribution in [0.1, 0.15) is 26.1 Å². The van der Waals surface area contributed by atoms with Crippen molar-refractivity contribution < 1.29 is 14.4 Å². The van der Waals surface area contributed by atoms with Gasteiger partial charge in [0, 0.05) is 12.7 Å². The van der Waals surface area contributed by atoms with E-state index in [9.17, 15) is 5.11 Å². The molecule has 0 saturated carbocycles. The molecule has 0 radical (unpaired) electrons. The maximum Gasteiger partial charge on any atom is 0.258 e. The van der Waals surface area contributed by atoms with Crippen molar-refractivity contribution in [3.8, 4) is 17.2 Å². The van der Waals surface area contributed by atoms with Gasteiger partial charge in [-0.15, -0.1) is 0 Å². The van der Waals surface area contributed by atoms with Crippen molar-refractivity contribution in [1.29, 1.82) is 0 Å². The average molecular weight is 374 g/mol. The summed E-state index contributed by atoms with van der Waals surface area (Å²) >= 11 is 2.05. The first-order valence-corrected chi connectivity index (χ1v) is 6.96. The van der Waals surface area contributed by atoms with Crippen LogP contribution in [-0.2, 0) is 10.3 Å². The minimum absolute atomic E-state index is 0.197. The number of ether oxygens (including phenoxy) is 1. The number of aromatic hydroxyl groups is 1. The van der Waals surface area contributed by atoms with E-state index in [-0.39, 0.29) is 5.75 Å². The van der Waals surface area contributed by atoms with Gasteiger partial charge in [0.2, 0.25) is 5.82 Å². The van der Waals surface area contributed by atoms with Crippen LogP contribution in [0.25, 0.3) is 11.5 Å². The average Bonchev–Trinajstić information content (AvgIpc) is 2.91. The summed E-state index contributed by atoms with van der Waals surface area (Å²) in [6.07, 6.45) is 0.737. The van der Waals surface area contributed by atoms with Gasteiger partial charge in [-0.2, -0.15) is 4.98 Å². The largest absolute Gasteiger partial charge is 0.507 e. The van der Waals surface area contributed by atoms with E-state index in [0.29, 0.717) is 17.3 Å². The highest BCUT2D eigenvalue weighted by Crippen LogP contribution is 2.30. The summed E-state index contributed by atoms with van der Waals surface area (Å²) in [6.45, 7) is 3.91. The Morgan fingerprint density at radius 1 is 1.47 bits per heavy atom. The lowest BCUT2D eigenvalue weighted by Crippen LogP contribution is -2.24. The van der Waals surface area contributed by atoms with E-state index in [1.807, 2.05) is 19.9 Å². The molecule has 1 atom stereocenters. The fourth-order valence-corrected chi connectivity index (χ4v) is 1.93. The van der Waals surface area contributed by atoms with Crippen molar-refractivity contribution >= 4 is 22.6 Å². The Morgan fingerprint density at radius 3 is 2.79 bits per heavy atom. The number of hydrogen-bond donors (Lipinski definition) is 1. The lowest BCUT2D eigenvalue weighted by Gasteiger charge is -2.21. The SMILES string of the molecule is CCC(C)(OC)c1noc(-c2ccc(I)c(O)c2)n1. The van der Waals surface area contributed by atoms with Crippen LogP contribution in [0.3, 0.4) is 0 Å². The molecule has 0 aliphatic rings. The quantitative estimate of drug-likeness (QED) is 0.832. The number of methoxy groups -OCH3 is 1. The Kier molecular flexibility index (Phi) is 4.10. The molecule has 5 nitrogen and oxygen atoms in total. The normalized spacial score (nSPS) is 14.3. The topological polar surface area (TPSA) is 68.4 Å². The Morgan fingerprint density at radius 2 is 2.21 bits per heavy atom. The Labute approximate surface area is 125 Å². The fourth-order valence-electron chi connectivity index (χ4n) is 1.59. The number of halogens is 1. The summed E-state index contributed by atoms with van der Waals surface area (Å²) in [5, 5.41) is 13.7. The summed E-state index contributed by atoms with van der Waals surface area (Å²) in [4.78, 5) is 4.35. The molecule has 1 aromatic carbocycles. The smallest absolute Gasteiger partial charge is 0.258 e. The van der Waals surface area contributed by atoms with E-state index in [2.05, 4.69) is 32.7 Å². The van der Waals surface area contributed by atoms with Gasteiger partial charge in [0.05, 0.1) is 3.57 Å². The molecular weight excluding hydrogens is 359 g/mol. The highest BCUT2D eigenvalue weighted by Gasteiger charge is 2.30. The molecule has 0 bridgehead atoms. The van der Waals surface area contributed by atoms with Crippen molar-refractivity contribution in [3.63, 3.8) is 0 Å².